The Morgan fingerprint density at radius 2 is 2.03 bits per heavy atom. The van der Waals surface area contributed by atoms with Crippen LogP contribution < -0.4 is 5.73 Å². The number of rotatable bonds is 5. The molecular weight excluding hydrogens is 383 g/mol. The normalized spacial score (nSPS) is 22.1. The maximum absolute atomic E-state index is 12.9. The van der Waals surface area contributed by atoms with Gasteiger partial charge in [-0.05, 0) is 49.1 Å². The van der Waals surface area contributed by atoms with Crippen LogP contribution in [0, 0.1) is 5.92 Å². The van der Waals surface area contributed by atoms with Gasteiger partial charge in [0.25, 0.3) is 0 Å². The number of aromatic nitrogens is 3. The number of aliphatic imine (C=N–C) groups is 1. The molecule has 1 aromatic carbocycles. The van der Waals surface area contributed by atoms with Crippen LogP contribution in [0.2, 0.25) is 0 Å². The van der Waals surface area contributed by atoms with E-state index in [1.165, 1.54) is 6.08 Å². The Labute approximate surface area is 166 Å². The number of halogens is 3. The molecule has 6 nitrogen and oxygen atoms in total. The van der Waals surface area contributed by atoms with E-state index in [4.69, 9.17) is 5.73 Å². The fourth-order valence-electron chi connectivity index (χ4n) is 3.47. The van der Waals surface area contributed by atoms with E-state index in [0.717, 1.165) is 5.56 Å². The number of aromatic amines is 1. The van der Waals surface area contributed by atoms with Crippen molar-refractivity contribution in [2.45, 2.75) is 50.7 Å². The van der Waals surface area contributed by atoms with Crippen molar-refractivity contribution in [3.8, 4) is 5.75 Å². The number of nitrogens with one attached hydrogen (secondary N) is 1. The zero-order valence-electron chi connectivity index (χ0n) is 16.0. The van der Waals surface area contributed by atoms with Gasteiger partial charge in [0.05, 0.1) is 12.0 Å². The first-order valence-corrected chi connectivity index (χ1v) is 9.51. The van der Waals surface area contributed by atoms with Gasteiger partial charge in [0.1, 0.15) is 17.4 Å². The molecule has 156 valence electrons. The van der Waals surface area contributed by atoms with E-state index in [1.807, 2.05) is 6.92 Å². The van der Waals surface area contributed by atoms with Crippen molar-refractivity contribution < 1.29 is 18.3 Å². The lowest BCUT2D eigenvalue weighted by atomic mass is 9.85. The predicted molar refractivity (Wildman–Crippen MR) is 104 cm³/mol. The molecule has 1 aliphatic carbocycles. The van der Waals surface area contributed by atoms with Crippen LogP contribution in [0.25, 0.3) is 6.08 Å². The van der Waals surface area contributed by atoms with Gasteiger partial charge in [-0.2, -0.15) is 18.3 Å². The molecule has 29 heavy (non-hydrogen) atoms. The summed E-state index contributed by atoms with van der Waals surface area (Å²) in [5.41, 5.74) is 6.84. The smallest absolute Gasteiger partial charge is 0.391 e. The molecule has 2 unspecified atom stereocenters. The molecule has 1 heterocycles. The largest absolute Gasteiger partial charge is 0.508 e. The number of alkyl halides is 3. The van der Waals surface area contributed by atoms with Gasteiger partial charge in [0.15, 0.2) is 5.82 Å². The molecule has 0 aliphatic heterocycles. The predicted octanol–water partition coefficient (Wildman–Crippen LogP) is 4.15. The van der Waals surface area contributed by atoms with Gasteiger partial charge in [-0.1, -0.05) is 25.5 Å². The number of aromatic hydroxyl groups is 1. The minimum absolute atomic E-state index is 0.0208. The van der Waals surface area contributed by atoms with E-state index >= 15 is 0 Å². The number of hydrogen-bond acceptors (Lipinski definition) is 4. The Morgan fingerprint density at radius 3 is 2.72 bits per heavy atom. The van der Waals surface area contributed by atoms with Gasteiger partial charge in [-0.25, -0.2) is 4.98 Å². The fraction of sp³-hybridized carbons (Fsp3) is 0.450. The summed E-state index contributed by atoms with van der Waals surface area (Å²) in [6.07, 6.45) is 0.145. The average molecular weight is 407 g/mol. The highest BCUT2D eigenvalue weighted by atomic mass is 19.4. The van der Waals surface area contributed by atoms with Crippen molar-refractivity contribution in [1.82, 2.24) is 15.2 Å². The molecule has 3 atom stereocenters. The molecule has 1 fully saturated rings. The van der Waals surface area contributed by atoms with E-state index in [2.05, 4.69) is 20.2 Å². The Morgan fingerprint density at radius 1 is 1.31 bits per heavy atom. The molecule has 1 saturated carbocycles. The molecule has 2 aromatic rings. The van der Waals surface area contributed by atoms with Crippen LogP contribution in [0.5, 0.6) is 5.75 Å². The lowest BCUT2D eigenvalue weighted by molar-refractivity contribution is -0.182. The SMILES string of the molecule is C[C@@H](c1ccc(O)cc1)c1nc(/C=C\C(N)=NC2CCCC(C(F)(F)F)C2)n[nH]1. The number of H-pyrrole nitrogens is 1. The molecule has 0 spiro atoms. The molecule has 0 amide bonds. The minimum Gasteiger partial charge on any atom is -0.508 e. The second kappa shape index (κ2) is 8.67. The molecule has 0 bridgehead atoms. The van der Waals surface area contributed by atoms with E-state index < -0.39 is 18.1 Å². The van der Waals surface area contributed by atoms with Gasteiger partial charge in [0, 0.05) is 5.92 Å². The average Bonchev–Trinajstić information content (AvgIpc) is 3.15. The molecular formula is C20H24F3N5O. The third kappa shape index (κ3) is 5.58. The first kappa shape index (κ1) is 20.9. The Hall–Kier alpha value is -2.84. The van der Waals surface area contributed by atoms with Gasteiger partial charge in [-0.15, -0.1) is 0 Å². The van der Waals surface area contributed by atoms with Crippen molar-refractivity contribution in [1.29, 1.82) is 0 Å². The first-order valence-electron chi connectivity index (χ1n) is 9.51. The third-order valence-electron chi connectivity index (χ3n) is 5.17. The Kier molecular flexibility index (Phi) is 6.24. The maximum atomic E-state index is 12.9. The fourth-order valence-corrected chi connectivity index (χ4v) is 3.47. The summed E-state index contributed by atoms with van der Waals surface area (Å²) in [4.78, 5) is 8.63. The standard InChI is InChI=1S/C20H24F3N5O/c1-12(13-5-7-16(29)8-6-13)19-26-18(27-28-19)10-9-17(24)25-15-4-2-3-14(11-15)20(21,22)23/h5-10,12,14-15,29H,2-4,11H2,1H3,(H2,24,25)(H,26,27,28)/b10-9-/t12-,14?,15?/m0/s1. The van der Waals surface area contributed by atoms with Crippen LogP contribution >= 0.6 is 0 Å². The molecule has 1 aromatic heterocycles. The van der Waals surface area contributed by atoms with Crippen LogP contribution in [0.15, 0.2) is 35.3 Å². The monoisotopic (exact) mass is 407 g/mol. The lowest BCUT2D eigenvalue weighted by Crippen LogP contribution is -2.31. The number of phenols is 1. The quantitative estimate of drug-likeness (QED) is 0.512. The van der Waals surface area contributed by atoms with Gasteiger partial charge in [0.2, 0.25) is 0 Å². The number of nitrogens with two attached hydrogens (primary N) is 1. The summed E-state index contributed by atoms with van der Waals surface area (Å²) in [5, 5.41) is 16.4. The summed E-state index contributed by atoms with van der Waals surface area (Å²) >= 11 is 0. The Bertz CT molecular complexity index is 873. The lowest BCUT2D eigenvalue weighted by Gasteiger charge is -2.28. The van der Waals surface area contributed by atoms with Crippen molar-refractivity contribution >= 4 is 11.9 Å². The number of nitrogens with zero attached hydrogens (tertiary/aromatic N) is 3. The maximum Gasteiger partial charge on any atom is 0.391 e. The summed E-state index contributed by atoms with van der Waals surface area (Å²) in [5.74, 6) is 0.0375. The van der Waals surface area contributed by atoms with Crippen molar-refractivity contribution in [3.63, 3.8) is 0 Å². The van der Waals surface area contributed by atoms with Gasteiger partial charge < -0.3 is 10.8 Å². The van der Waals surface area contributed by atoms with E-state index in [0.29, 0.717) is 24.5 Å². The van der Waals surface area contributed by atoms with Crippen molar-refractivity contribution in [3.05, 3.63) is 47.6 Å². The van der Waals surface area contributed by atoms with Crippen molar-refractivity contribution in [2.75, 3.05) is 0 Å². The highest BCUT2D eigenvalue weighted by molar-refractivity contribution is 5.94. The summed E-state index contributed by atoms with van der Waals surface area (Å²) < 4.78 is 38.7. The van der Waals surface area contributed by atoms with Crippen LogP contribution in [-0.2, 0) is 0 Å². The highest BCUT2D eigenvalue weighted by Crippen LogP contribution is 2.38. The van der Waals surface area contributed by atoms with Gasteiger partial charge in [-0.3, -0.25) is 10.1 Å². The number of benzene rings is 1. The van der Waals surface area contributed by atoms with Crippen molar-refractivity contribution in [2.24, 2.45) is 16.6 Å². The number of hydrogen-bond donors (Lipinski definition) is 3. The number of phenolic OH excluding ortho intramolecular Hbond substituents is 1. The van der Waals surface area contributed by atoms with E-state index in [1.54, 1.807) is 30.3 Å². The zero-order valence-corrected chi connectivity index (χ0v) is 16.0. The van der Waals surface area contributed by atoms with Crippen LogP contribution in [0.3, 0.4) is 0 Å². The topological polar surface area (TPSA) is 100 Å². The summed E-state index contributed by atoms with van der Waals surface area (Å²) in [7, 11) is 0. The highest BCUT2D eigenvalue weighted by Gasteiger charge is 2.42. The summed E-state index contributed by atoms with van der Waals surface area (Å²) in [6.45, 7) is 1.95. The minimum atomic E-state index is -4.18. The van der Waals surface area contributed by atoms with Crippen LogP contribution in [-0.4, -0.2) is 38.3 Å². The molecule has 0 saturated heterocycles. The third-order valence-corrected chi connectivity index (χ3v) is 5.17. The van der Waals surface area contributed by atoms with Gasteiger partial charge >= 0.3 is 6.18 Å². The molecule has 0 radical (unpaired) electrons. The molecule has 3 rings (SSSR count). The molecule has 9 heteroatoms. The van der Waals surface area contributed by atoms with E-state index in [9.17, 15) is 18.3 Å². The zero-order chi connectivity index (χ0) is 21.0. The van der Waals surface area contributed by atoms with Crippen LogP contribution in [0.1, 0.15) is 55.7 Å². The van der Waals surface area contributed by atoms with E-state index in [-0.39, 0.29) is 30.3 Å². The molecule has 4 N–H and O–H groups in total. The first-order chi connectivity index (χ1) is 13.7. The Balaban J connectivity index is 1.62. The van der Waals surface area contributed by atoms with Crippen LogP contribution in [0.4, 0.5) is 13.2 Å². The molecule has 1 aliphatic rings. The summed E-state index contributed by atoms with van der Waals surface area (Å²) in [6, 6.07) is 6.41. The second-order valence-corrected chi connectivity index (χ2v) is 7.34. The second-order valence-electron chi connectivity index (χ2n) is 7.34. The number of amidine groups is 1.